The van der Waals surface area contributed by atoms with Crippen molar-refractivity contribution < 1.29 is 14.3 Å². The molecular formula is C17H25ClN2O3. The SMILES string of the molecule is COc1cc(NC(=O)CC2CC3CCC(C2)N3)cc(OC)c1.Cl. The predicted molar refractivity (Wildman–Crippen MR) is 92.7 cm³/mol. The first kappa shape index (κ1) is 17.9. The molecule has 0 aromatic heterocycles. The molecule has 2 saturated heterocycles. The molecule has 2 bridgehead atoms. The Kier molecular flexibility index (Phi) is 6.13. The lowest BCUT2D eigenvalue weighted by Crippen LogP contribution is -2.39. The molecule has 1 amide bonds. The highest BCUT2D eigenvalue weighted by Gasteiger charge is 2.34. The van der Waals surface area contributed by atoms with Crippen molar-refractivity contribution in [2.75, 3.05) is 19.5 Å². The number of anilines is 1. The van der Waals surface area contributed by atoms with Gasteiger partial charge in [0.15, 0.2) is 0 Å². The molecule has 2 aliphatic heterocycles. The molecule has 0 saturated carbocycles. The lowest BCUT2D eigenvalue weighted by Gasteiger charge is -2.28. The Bertz CT molecular complexity index is 518. The second kappa shape index (κ2) is 7.88. The van der Waals surface area contributed by atoms with Crippen LogP contribution in [0.3, 0.4) is 0 Å². The topological polar surface area (TPSA) is 59.6 Å². The van der Waals surface area contributed by atoms with Crippen LogP contribution in [-0.2, 0) is 4.79 Å². The van der Waals surface area contributed by atoms with Crippen molar-refractivity contribution in [2.24, 2.45) is 5.92 Å². The molecule has 2 N–H and O–H groups in total. The molecule has 5 nitrogen and oxygen atoms in total. The smallest absolute Gasteiger partial charge is 0.224 e. The van der Waals surface area contributed by atoms with Gasteiger partial charge in [-0.05, 0) is 31.6 Å². The quantitative estimate of drug-likeness (QED) is 0.865. The number of ether oxygens (including phenoxy) is 2. The van der Waals surface area contributed by atoms with Crippen molar-refractivity contribution in [1.29, 1.82) is 0 Å². The number of piperidine rings is 1. The summed E-state index contributed by atoms with van der Waals surface area (Å²) in [7, 11) is 3.20. The lowest BCUT2D eigenvalue weighted by molar-refractivity contribution is -0.117. The van der Waals surface area contributed by atoms with Crippen molar-refractivity contribution in [3.63, 3.8) is 0 Å². The standard InChI is InChI=1S/C17H24N2O3.ClH/c1-21-15-8-14(9-16(10-15)22-2)19-17(20)7-11-5-12-3-4-13(6-11)18-12;/h8-13,18H,3-7H2,1-2H3,(H,19,20);1H. The third-order valence-corrected chi connectivity index (χ3v) is 4.68. The van der Waals surface area contributed by atoms with E-state index in [4.69, 9.17) is 9.47 Å². The minimum atomic E-state index is 0. The summed E-state index contributed by atoms with van der Waals surface area (Å²) in [6.07, 6.45) is 5.34. The van der Waals surface area contributed by atoms with Crippen LogP contribution < -0.4 is 20.1 Å². The van der Waals surface area contributed by atoms with Gasteiger partial charge in [0.25, 0.3) is 0 Å². The number of rotatable bonds is 5. The molecule has 2 atom stereocenters. The zero-order valence-electron chi connectivity index (χ0n) is 13.6. The summed E-state index contributed by atoms with van der Waals surface area (Å²) in [5, 5.41) is 6.58. The Morgan fingerprint density at radius 1 is 1.13 bits per heavy atom. The van der Waals surface area contributed by atoms with E-state index in [1.165, 1.54) is 12.8 Å². The van der Waals surface area contributed by atoms with E-state index in [0.717, 1.165) is 18.5 Å². The van der Waals surface area contributed by atoms with Gasteiger partial charge < -0.3 is 20.1 Å². The third-order valence-electron chi connectivity index (χ3n) is 4.68. The minimum absolute atomic E-state index is 0. The first-order valence-corrected chi connectivity index (χ1v) is 7.95. The maximum Gasteiger partial charge on any atom is 0.224 e. The zero-order chi connectivity index (χ0) is 15.5. The average Bonchev–Trinajstić information content (AvgIpc) is 2.85. The number of carbonyl (C=O) groups is 1. The van der Waals surface area contributed by atoms with Crippen LogP contribution in [0, 0.1) is 5.92 Å². The molecule has 2 aliphatic rings. The van der Waals surface area contributed by atoms with Crippen LogP contribution in [0.4, 0.5) is 5.69 Å². The Morgan fingerprint density at radius 3 is 2.22 bits per heavy atom. The molecule has 128 valence electrons. The van der Waals surface area contributed by atoms with E-state index in [1.54, 1.807) is 20.3 Å². The highest BCUT2D eigenvalue weighted by molar-refractivity contribution is 5.91. The van der Waals surface area contributed by atoms with Crippen LogP contribution in [-0.4, -0.2) is 32.2 Å². The molecule has 23 heavy (non-hydrogen) atoms. The van der Waals surface area contributed by atoms with Crippen molar-refractivity contribution in [1.82, 2.24) is 5.32 Å². The fraction of sp³-hybridized carbons (Fsp3) is 0.588. The molecule has 0 aliphatic carbocycles. The van der Waals surface area contributed by atoms with Gasteiger partial charge in [-0.1, -0.05) is 0 Å². The summed E-state index contributed by atoms with van der Waals surface area (Å²) in [5.41, 5.74) is 0.720. The number of hydrogen-bond donors (Lipinski definition) is 2. The monoisotopic (exact) mass is 340 g/mol. The Hall–Kier alpha value is -1.46. The normalized spacial score (nSPS) is 25.4. The van der Waals surface area contributed by atoms with Gasteiger partial charge in [0.1, 0.15) is 11.5 Å². The summed E-state index contributed by atoms with van der Waals surface area (Å²) in [4.78, 5) is 12.3. The number of methoxy groups -OCH3 is 2. The first-order chi connectivity index (χ1) is 10.7. The van der Waals surface area contributed by atoms with Crippen LogP contribution in [0.1, 0.15) is 32.1 Å². The van der Waals surface area contributed by atoms with Crippen molar-refractivity contribution in [3.8, 4) is 11.5 Å². The fourth-order valence-corrected chi connectivity index (χ4v) is 3.70. The van der Waals surface area contributed by atoms with E-state index in [-0.39, 0.29) is 18.3 Å². The molecule has 6 heteroatoms. The lowest BCUT2D eigenvalue weighted by atomic mass is 9.89. The van der Waals surface area contributed by atoms with Gasteiger partial charge in [0, 0.05) is 42.4 Å². The number of carbonyl (C=O) groups excluding carboxylic acids is 1. The van der Waals surface area contributed by atoms with Crippen LogP contribution in [0.5, 0.6) is 11.5 Å². The summed E-state index contributed by atoms with van der Waals surface area (Å²) in [6.45, 7) is 0. The Balaban J connectivity index is 0.00000192. The average molecular weight is 341 g/mol. The van der Waals surface area contributed by atoms with E-state index in [9.17, 15) is 4.79 Å². The molecular weight excluding hydrogens is 316 g/mol. The van der Waals surface area contributed by atoms with Crippen LogP contribution >= 0.6 is 12.4 Å². The summed E-state index contributed by atoms with van der Waals surface area (Å²) in [6, 6.07) is 6.65. The number of benzene rings is 1. The third kappa shape index (κ3) is 4.52. The van der Waals surface area contributed by atoms with Gasteiger partial charge in [-0.25, -0.2) is 0 Å². The van der Waals surface area contributed by atoms with E-state index < -0.39 is 0 Å². The number of fused-ring (bicyclic) bond motifs is 2. The highest BCUT2D eigenvalue weighted by atomic mass is 35.5. The molecule has 0 radical (unpaired) electrons. The van der Waals surface area contributed by atoms with E-state index in [1.807, 2.05) is 12.1 Å². The van der Waals surface area contributed by atoms with Crippen LogP contribution in [0.2, 0.25) is 0 Å². The maximum atomic E-state index is 12.3. The molecule has 2 unspecified atom stereocenters. The zero-order valence-corrected chi connectivity index (χ0v) is 14.4. The number of amides is 1. The second-order valence-corrected chi connectivity index (χ2v) is 6.33. The van der Waals surface area contributed by atoms with Crippen molar-refractivity contribution >= 4 is 24.0 Å². The molecule has 1 aromatic carbocycles. The molecule has 3 rings (SSSR count). The Morgan fingerprint density at radius 2 is 1.70 bits per heavy atom. The summed E-state index contributed by atoms with van der Waals surface area (Å²) >= 11 is 0. The number of nitrogens with one attached hydrogen (secondary N) is 2. The largest absolute Gasteiger partial charge is 0.497 e. The van der Waals surface area contributed by atoms with Gasteiger partial charge in [0.2, 0.25) is 5.91 Å². The van der Waals surface area contributed by atoms with Gasteiger partial charge in [-0.15, -0.1) is 12.4 Å². The Labute approximate surface area is 143 Å². The van der Waals surface area contributed by atoms with E-state index >= 15 is 0 Å². The van der Waals surface area contributed by atoms with Crippen molar-refractivity contribution in [2.45, 2.75) is 44.2 Å². The minimum Gasteiger partial charge on any atom is -0.497 e. The van der Waals surface area contributed by atoms with Gasteiger partial charge in [0.05, 0.1) is 14.2 Å². The fourth-order valence-electron chi connectivity index (χ4n) is 3.70. The maximum absolute atomic E-state index is 12.3. The van der Waals surface area contributed by atoms with Crippen LogP contribution in [0.15, 0.2) is 18.2 Å². The summed E-state index contributed by atoms with van der Waals surface area (Å²) < 4.78 is 10.5. The first-order valence-electron chi connectivity index (χ1n) is 7.95. The molecule has 1 aromatic rings. The highest BCUT2D eigenvalue weighted by Crippen LogP contribution is 2.33. The summed E-state index contributed by atoms with van der Waals surface area (Å²) in [5.74, 6) is 1.91. The van der Waals surface area contributed by atoms with Gasteiger partial charge >= 0.3 is 0 Å². The molecule has 0 spiro atoms. The van der Waals surface area contributed by atoms with Gasteiger partial charge in [-0.3, -0.25) is 4.79 Å². The van der Waals surface area contributed by atoms with Gasteiger partial charge in [-0.2, -0.15) is 0 Å². The van der Waals surface area contributed by atoms with Crippen molar-refractivity contribution in [3.05, 3.63) is 18.2 Å². The second-order valence-electron chi connectivity index (χ2n) is 6.33. The molecule has 2 heterocycles. The molecule has 2 fully saturated rings. The van der Waals surface area contributed by atoms with E-state index in [2.05, 4.69) is 10.6 Å². The number of hydrogen-bond acceptors (Lipinski definition) is 4. The van der Waals surface area contributed by atoms with E-state index in [0.29, 0.717) is 35.9 Å². The number of halogens is 1. The van der Waals surface area contributed by atoms with Crippen LogP contribution in [0.25, 0.3) is 0 Å². The predicted octanol–water partition coefficient (Wildman–Crippen LogP) is 2.98.